The highest BCUT2D eigenvalue weighted by atomic mass is 16.4. The van der Waals surface area contributed by atoms with Crippen molar-refractivity contribution in [3.05, 3.63) is 0 Å². The van der Waals surface area contributed by atoms with Crippen molar-refractivity contribution >= 4 is 5.97 Å². The van der Waals surface area contributed by atoms with E-state index in [1.54, 1.807) is 0 Å². The normalized spacial score (nSPS) is 23.2. The average molecular weight is 145 g/mol. The number of aliphatic carboxylic acids is 1. The number of nitrogens with one attached hydrogen (secondary N) is 1. The molecule has 60 valence electrons. The van der Waals surface area contributed by atoms with E-state index in [-0.39, 0.29) is 6.04 Å². The molecule has 3 nitrogen and oxygen atoms in total. The van der Waals surface area contributed by atoms with Crippen molar-refractivity contribution in [3.63, 3.8) is 0 Å². The maximum atomic E-state index is 10.1. The summed E-state index contributed by atoms with van der Waals surface area (Å²) in [4.78, 5) is 10.1. The van der Waals surface area contributed by atoms with Crippen LogP contribution in [0.25, 0.3) is 0 Å². The molecule has 3 heteroatoms. The van der Waals surface area contributed by atoms with Gasteiger partial charge in [0.25, 0.3) is 0 Å². The summed E-state index contributed by atoms with van der Waals surface area (Å²) in [5.74, 6) is -0.720. The van der Waals surface area contributed by atoms with Crippen LogP contribution in [0, 0.1) is 0 Å². The van der Waals surface area contributed by atoms with Crippen LogP contribution in [-0.4, -0.2) is 23.7 Å². The Bertz CT molecular complexity index is 97.8. The van der Waals surface area contributed by atoms with E-state index >= 15 is 0 Å². The van der Waals surface area contributed by atoms with Gasteiger partial charge in [0.1, 0.15) is 6.04 Å². The highest BCUT2D eigenvalue weighted by molar-refractivity contribution is 5.73. The molecule has 0 bridgehead atoms. The second kappa shape index (κ2) is 5.23. The molecule has 0 aromatic heterocycles. The summed E-state index contributed by atoms with van der Waals surface area (Å²) < 4.78 is 0. The van der Waals surface area contributed by atoms with Crippen LogP contribution in [0.4, 0.5) is 0 Å². The summed E-state index contributed by atoms with van der Waals surface area (Å²) in [6, 6.07) is -0.269. The fourth-order valence-electron chi connectivity index (χ4n) is 0.895. The lowest BCUT2D eigenvalue weighted by Gasteiger charge is -1.99. The van der Waals surface area contributed by atoms with E-state index in [9.17, 15) is 4.79 Å². The highest BCUT2D eigenvalue weighted by Crippen LogP contribution is 2.03. The van der Waals surface area contributed by atoms with Crippen LogP contribution in [0.2, 0.25) is 0 Å². The van der Waals surface area contributed by atoms with Gasteiger partial charge in [0.2, 0.25) is 0 Å². The van der Waals surface area contributed by atoms with Gasteiger partial charge in [-0.2, -0.15) is 0 Å². The molecule has 1 fully saturated rings. The molecule has 0 amide bonds. The first kappa shape index (κ1) is 9.43. The molecule has 1 atom stereocenters. The van der Waals surface area contributed by atoms with Crippen LogP contribution in [0.15, 0.2) is 0 Å². The molecule has 1 aliphatic heterocycles. The van der Waals surface area contributed by atoms with E-state index in [2.05, 4.69) is 5.32 Å². The zero-order valence-electron chi connectivity index (χ0n) is 6.55. The molecule has 1 saturated heterocycles. The first-order valence-corrected chi connectivity index (χ1v) is 3.77. The van der Waals surface area contributed by atoms with Crippen LogP contribution in [0.5, 0.6) is 0 Å². The number of hydrogen-bond acceptors (Lipinski definition) is 2. The Morgan fingerprint density at radius 1 is 1.60 bits per heavy atom. The number of rotatable bonds is 1. The summed E-state index contributed by atoms with van der Waals surface area (Å²) >= 11 is 0. The standard InChI is InChI=1S/C5H9NO2.C2H6/c7-5(8)4-2-1-3-6-4;1-2/h4,6H,1-3H2,(H,7,8);1-2H3/t4-;/m0./s1. The summed E-state index contributed by atoms with van der Waals surface area (Å²) in [6.07, 6.45) is 1.78. The zero-order valence-corrected chi connectivity index (χ0v) is 6.55. The van der Waals surface area contributed by atoms with Crippen LogP contribution in [-0.2, 0) is 4.79 Å². The first-order chi connectivity index (χ1) is 4.80. The fraction of sp³-hybridized carbons (Fsp3) is 0.857. The van der Waals surface area contributed by atoms with Crippen molar-refractivity contribution in [2.45, 2.75) is 32.7 Å². The number of carbonyl (C=O) groups is 1. The number of hydrogen-bond donors (Lipinski definition) is 2. The molecule has 10 heavy (non-hydrogen) atoms. The fourth-order valence-corrected chi connectivity index (χ4v) is 0.895. The summed E-state index contributed by atoms with van der Waals surface area (Å²) in [7, 11) is 0. The molecule has 1 rings (SSSR count). The molecule has 0 spiro atoms. The maximum Gasteiger partial charge on any atom is 0.320 e. The van der Waals surface area contributed by atoms with E-state index in [1.165, 1.54) is 0 Å². The van der Waals surface area contributed by atoms with E-state index < -0.39 is 5.97 Å². The van der Waals surface area contributed by atoms with Gasteiger partial charge in [-0.3, -0.25) is 4.79 Å². The van der Waals surface area contributed by atoms with Crippen LogP contribution >= 0.6 is 0 Å². The lowest BCUT2D eigenvalue weighted by molar-refractivity contribution is -0.139. The first-order valence-electron chi connectivity index (χ1n) is 3.77. The SMILES string of the molecule is CC.O=C(O)[C@@H]1CCCN1. The highest BCUT2D eigenvalue weighted by Gasteiger charge is 2.20. The molecule has 0 radical (unpaired) electrons. The van der Waals surface area contributed by atoms with Crippen molar-refractivity contribution in [1.29, 1.82) is 0 Å². The van der Waals surface area contributed by atoms with Gasteiger partial charge >= 0.3 is 5.97 Å². The van der Waals surface area contributed by atoms with Crippen molar-refractivity contribution in [3.8, 4) is 0 Å². The summed E-state index contributed by atoms with van der Waals surface area (Å²) in [6.45, 7) is 4.86. The van der Waals surface area contributed by atoms with Gasteiger partial charge in [0.15, 0.2) is 0 Å². The molecule has 0 aromatic carbocycles. The Labute approximate surface area is 61.4 Å². The Morgan fingerprint density at radius 3 is 2.40 bits per heavy atom. The maximum absolute atomic E-state index is 10.1. The largest absolute Gasteiger partial charge is 0.480 e. The third-order valence-corrected chi connectivity index (χ3v) is 1.36. The lowest BCUT2D eigenvalue weighted by Crippen LogP contribution is -2.29. The second-order valence-electron chi connectivity index (χ2n) is 1.99. The minimum absolute atomic E-state index is 0.269. The van der Waals surface area contributed by atoms with E-state index in [4.69, 9.17) is 5.11 Å². The van der Waals surface area contributed by atoms with E-state index in [1.807, 2.05) is 13.8 Å². The van der Waals surface area contributed by atoms with Gasteiger partial charge in [-0.15, -0.1) is 0 Å². The van der Waals surface area contributed by atoms with Crippen molar-refractivity contribution in [1.82, 2.24) is 5.32 Å². The molecular weight excluding hydrogens is 130 g/mol. The van der Waals surface area contributed by atoms with Gasteiger partial charge in [-0.25, -0.2) is 0 Å². The molecule has 1 heterocycles. The smallest absolute Gasteiger partial charge is 0.320 e. The number of carboxylic acids is 1. The van der Waals surface area contributed by atoms with Crippen molar-refractivity contribution in [2.24, 2.45) is 0 Å². The molecular formula is C7H15NO2. The summed E-state index contributed by atoms with van der Waals surface area (Å²) in [5.41, 5.74) is 0. The predicted octanol–water partition coefficient (Wildman–Crippen LogP) is 0.849. The molecule has 1 aliphatic rings. The average Bonchev–Trinajstić information content (AvgIpc) is 2.42. The van der Waals surface area contributed by atoms with Crippen molar-refractivity contribution < 1.29 is 9.90 Å². The third-order valence-electron chi connectivity index (χ3n) is 1.36. The summed E-state index contributed by atoms with van der Waals surface area (Å²) in [5, 5.41) is 11.2. The molecule has 2 N–H and O–H groups in total. The third kappa shape index (κ3) is 2.82. The zero-order chi connectivity index (χ0) is 7.98. The molecule has 0 unspecified atom stereocenters. The van der Waals surface area contributed by atoms with Crippen LogP contribution in [0.3, 0.4) is 0 Å². The van der Waals surface area contributed by atoms with Crippen LogP contribution < -0.4 is 5.32 Å². The second-order valence-corrected chi connectivity index (χ2v) is 1.99. The quantitative estimate of drug-likeness (QED) is 0.575. The minimum atomic E-state index is -0.720. The monoisotopic (exact) mass is 145 g/mol. The van der Waals surface area contributed by atoms with Gasteiger partial charge in [-0.05, 0) is 19.4 Å². The Morgan fingerprint density at radius 2 is 2.20 bits per heavy atom. The van der Waals surface area contributed by atoms with Gasteiger partial charge in [-0.1, -0.05) is 13.8 Å². The molecule has 0 aliphatic carbocycles. The van der Waals surface area contributed by atoms with Gasteiger partial charge in [0.05, 0.1) is 0 Å². The Hall–Kier alpha value is -0.570. The minimum Gasteiger partial charge on any atom is -0.480 e. The molecule has 0 saturated carbocycles. The topological polar surface area (TPSA) is 49.3 Å². The van der Waals surface area contributed by atoms with Crippen LogP contribution in [0.1, 0.15) is 26.7 Å². The van der Waals surface area contributed by atoms with E-state index in [0.717, 1.165) is 19.4 Å². The van der Waals surface area contributed by atoms with Gasteiger partial charge in [0, 0.05) is 0 Å². The van der Waals surface area contributed by atoms with Crippen molar-refractivity contribution in [2.75, 3.05) is 6.54 Å². The number of carboxylic acid groups (broad SMARTS) is 1. The van der Waals surface area contributed by atoms with Gasteiger partial charge < -0.3 is 10.4 Å². The molecule has 0 aromatic rings. The Kier molecular flexibility index (Phi) is 4.94. The Balaban J connectivity index is 0.000000371. The lowest BCUT2D eigenvalue weighted by atomic mass is 10.2. The van der Waals surface area contributed by atoms with E-state index in [0.29, 0.717) is 0 Å². The predicted molar refractivity (Wildman–Crippen MR) is 40.0 cm³/mol.